The molecule has 0 unspecified atom stereocenters. The van der Waals surface area contributed by atoms with Crippen LogP contribution < -0.4 is 5.32 Å². The Morgan fingerprint density at radius 3 is 2.77 bits per heavy atom. The minimum Gasteiger partial charge on any atom is -0.368 e. The van der Waals surface area contributed by atoms with Gasteiger partial charge in [0, 0.05) is 12.3 Å². The highest BCUT2D eigenvalue weighted by atomic mass is 32.3. The Morgan fingerprint density at radius 1 is 1.23 bits per heavy atom. The topological polar surface area (TPSA) is 64.9 Å². The highest BCUT2D eigenvalue weighted by Crippen LogP contribution is 2.33. The zero-order valence-electron chi connectivity index (χ0n) is 14.0. The van der Waals surface area contributed by atoms with Gasteiger partial charge in [0.15, 0.2) is 11.5 Å². The summed E-state index contributed by atoms with van der Waals surface area (Å²) in [6, 6.07) is 0. The van der Waals surface area contributed by atoms with Gasteiger partial charge in [-0.2, -0.15) is 0 Å². The monoisotopic (exact) mass is 325 g/mol. The number of hydrogen-bond acceptors (Lipinski definition) is 5. The molecule has 0 atom stereocenters. The van der Waals surface area contributed by atoms with Crippen LogP contribution in [0.25, 0.3) is 11.2 Å². The van der Waals surface area contributed by atoms with Crippen molar-refractivity contribution in [2.24, 2.45) is 0 Å². The first-order valence-corrected chi connectivity index (χ1v) is 10.7. The van der Waals surface area contributed by atoms with E-state index in [1.54, 1.807) is 12.7 Å². The highest BCUT2D eigenvalue weighted by molar-refractivity contribution is 8.32. The van der Waals surface area contributed by atoms with Gasteiger partial charge in [0.2, 0.25) is 0 Å². The second-order valence-electron chi connectivity index (χ2n) is 6.22. The van der Waals surface area contributed by atoms with Crippen molar-refractivity contribution in [2.45, 2.75) is 26.5 Å². The minimum absolute atomic E-state index is 0.484. The molecule has 2 heterocycles. The number of nitrogens with one attached hydrogen (secondary N) is 1. The van der Waals surface area contributed by atoms with E-state index in [4.69, 9.17) is 4.74 Å². The van der Waals surface area contributed by atoms with Crippen molar-refractivity contribution in [3.8, 4) is 0 Å². The van der Waals surface area contributed by atoms with Gasteiger partial charge in [-0.25, -0.2) is 25.0 Å². The zero-order chi connectivity index (χ0) is 16.0. The Kier molecular flexibility index (Phi) is 6.02. The third kappa shape index (κ3) is 4.84. The highest BCUT2D eigenvalue weighted by Gasteiger charge is 2.10. The van der Waals surface area contributed by atoms with Crippen LogP contribution in [-0.4, -0.2) is 57.2 Å². The van der Waals surface area contributed by atoms with E-state index >= 15 is 0 Å². The number of rotatable bonds is 9. The van der Waals surface area contributed by atoms with Gasteiger partial charge in [-0.1, -0.05) is 13.3 Å². The molecule has 2 rings (SSSR count). The van der Waals surface area contributed by atoms with Crippen molar-refractivity contribution in [1.82, 2.24) is 19.5 Å². The number of ether oxygens (including phenoxy) is 1. The number of imidazole rings is 1. The summed E-state index contributed by atoms with van der Waals surface area (Å²) in [4.78, 5) is 13.0. The van der Waals surface area contributed by atoms with E-state index in [-0.39, 0.29) is 0 Å². The van der Waals surface area contributed by atoms with E-state index in [1.807, 2.05) is 4.57 Å². The minimum atomic E-state index is -0.513. The molecule has 0 bridgehead atoms. The van der Waals surface area contributed by atoms with E-state index in [0.717, 1.165) is 48.7 Å². The zero-order valence-corrected chi connectivity index (χ0v) is 14.8. The van der Waals surface area contributed by atoms with Crippen molar-refractivity contribution >= 4 is 27.0 Å². The van der Waals surface area contributed by atoms with Gasteiger partial charge < -0.3 is 10.1 Å². The summed E-state index contributed by atoms with van der Waals surface area (Å²) in [6.07, 6.45) is 12.5. The van der Waals surface area contributed by atoms with Crippen LogP contribution in [0.4, 0.5) is 5.82 Å². The van der Waals surface area contributed by atoms with E-state index in [0.29, 0.717) is 6.73 Å². The lowest BCUT2D eigenvalue weighted by Crippen LogP contribution is -2.10. The van der Waals surface area contributed by atoms with Crippen molar-refractivity contribution < 1.29 is 4.74 Å². The van der Waals surface area contributed by atoms with Crippen LogP contribution in [-0.2, 0) is 11.5 Å². The Balaban J connectivity index is 1.98. The Labute approximate surface area is 134 Å². The molecule has 0 aromatic carbocycles. The molecule has 0 aliphatic rings. The molecule has 2 aromatic heterocycles. The Morgan fingerprint density at radius 2 is 2.05 bits per heavy atom. The summed E-state index contributed by atoms with van der Waals surface area (Å²) in [5.74, 6) is 1.91. The van der Waals surface area contributed by atoms with Gasteiger partial charge in [-0.05, 0) is 25.2 Å². The molecule has 0 aliphatic heterocycles. The number of hydrogen-bond donors (Lipinski definition) is 1. The Bertz CT molecular complexity index is 593. The van der Waals surface area contributed by atoms with Crippen LogP contribution in [0.3, 0.4) is 0 Å². The molecule has 0 radical (unpaired) electrons. The number of fused-ring (bicyclic) bond motifs is 1. The van der Waals surface area contributed by atoms with Crippen molar-refractivity contribution in [2.75, 3.05) is 43.0 Å². The summed E-state index contributed by atoms with van der Waals surface area (Å²) >= 11 is 0. The fraction of sp³-hybridized carbons (Fsp3) is 0.667. The third-order valence-corrected chi connectivity index (χ3v) is 4.69. The number of anilines is 1. The SMILES string of the molecule is CCCCNc1ncnc2c1ncn2COCCS(C)(C)C. The van der Waals surface area contributed by atoms with Crippen LogP contribution in [0.5, 0.6) is 0 Å². The van der Waals surface area contributed by atoms with Gasteiger partial charge >= 0.3 is 0 Å². The molecule has 0 fully saturated rings. The van der Waals surface area contributed by atoms with Gasteiger partial charge in [0.25, 0.3) is 0 Å². The standard InChI is InChI=1S/C15H27N5OS/c1-5-6-7-16-14-13-15(18-10-17-14)20(11-19-13)12-21-8-9-22(2,3)4/h10-11H,5-9,12H2,1-4H3,(H,16,17,18). The first-order chi connectivity index (χ1) is 10.5. The van der Waals surface area contributed by atoms with E-state index in [2.05, 4.69) is 46.0 Å². The maximum absolute atomic E-state index is 5.76. The summed E-state index contributed by atoms with van der Waals surface area (Å²) in [5.41, 5.74) is 1.63. The lowest BCUT2D eigenvalue weighted by Gasteiger charge is -2.24. The lowest BCUT2D eigenvalue weighted by atomic mass is 10.3. The summed E-state index contributed by atoms with van der Waals surface area (Å²) in [5, 5.41) is 3.32. The van der Waals surface area contributed by atoms with Crippen LogP contribution >= 0.6 is 10.0 Å². The maximum Gasteiger partial charge on any atom is 0.167 e. The van der Waals surface area contributed by atoms with Crippen LogP contribution in [0, 0.1) is 0 Å². The quantitative estimate of drug-likeness (QED) is 0.718. The van der Waals surface area contributed by atoms with E-state index in [1.165, 1.54) is 0 Å². The molecule has 1 N–H and O–H groups in total. The van der Waals surface area contributed by atoms with E-state index in [9.17, 15) is 0 Å². The summed E-state index contributed by atoms with van der Waals surface area (Å²) in [6.45, 7) is 4.32. The van der Waals surface area contributed by atoms with Crippen molar-refractivity contribution in [3.05, 3.63) is 12.7 Å². The number of unbranched alkanes of at least 4 members (excludes halogenated alkanes) is 1. The molecular weight excluding hydrogens is 298 g/mol. The summed E-state index contributed by atoms with van der Waals surface area (Å²) in [7, 11) is -0.513. The van der Waals surface area contributed by atoms with Crippen LogP contribution in [0.1, 0.15) is 19.8 Å². The maximum atomic E-state index is 5.76. The van der Waals surface area contributed by atoms with Crippen LogP contribution in [0.15, 0.2) is 12.7 Å². The average Bonchev–Trinajstić information content (AvgIpc) is 2.87. The Hall–Kier alpha value is -1.34. The molecule has 0 spiro atoms. The molecule has 0 amide bonds. The fourth-order valence-electron chi connectivity index (χ4n) is 1.96. The second kappa shape index (κ2) is 7.78. The molecule has 22 heavy (non-hydrogen) atoms. The van der Waals surface area contributed by atoms with E-state index < -0.39 is 10.0 Å². The lowest BCUT2D eigenvalue weighted by molar-refractivity contribution is 0.0919. The molecule has 6 nitrogen and oxygen atoms in total. The second-order valence-corrected chi connectivity index (χ2v) is 10.8. The number of nitrogens with zero attached hydrogens (tertiary/aromatic N) is 4. The molecule has 0 saturated carbocycles. The smallest absolute Gasteiger partial charge is 0.167 e. The molecule has 0 aliphatic carbocycles. The van der Waals surface area contributed by atoms with Crippen molar-refractivity contribution in [3.63, 3.8) is 0 Å². The van der Waals surface area contributed by atoms with Crippen LogP contribution in [0.2, 0.25) is 0 Å². The predicted octanol–water partition coefficient (Wildman–Crippen LogP) is 2.71. The van der Waals surface area contributed by atoms with Gasteiger partial charge in [0.05, 0.1) is 12.9 Å². The normalized spacial score (nSPS) is 12.7. The van der Waals surface area contributed by atoms with Gasteiger partial charge in [0.1, 0.15) is 18.6 Å². The van der Waals surface area contributed by atoms with Gasteiger partial charge in [-0.3, -0.25) is 4.57 Å². The fourth-order valence-corrected chi connectivity index (χ4v) is 2.58. The third-order valence-electron chi connectivity index (χ3n) is 3.29. The molecule has 124 valence electrons. The van der Waals surface area contributed by atoms with Gasteiger partial charge in [-0.15, -0.1) is 0 Å². The predicted molar refractivity (Wildman–Crippen MR) is 94.9 cm³/mol. The average molecular weight is 325 g/mol. The largest absolute Gasteiger partial charge is 0.368 e. The molecular formula is C15H27N5OS. The summed E-state index contributed by atoms with van der Waals surface area (Å²) < 4.78 is 7.69. The molecule has 2 aromatic rings. The molecule has 7 heteroatoms. The first kappa shape index (κ1) is 17.0. The first-order valence-electron chi connectivity index (χ1n) is 7.64. The molecule has 0 saturated heterocycles. The van der Waals surface area contributed by atoms with Crippen molar-refractivity contribution in [1.29, 1.82) is 0 Å². The number of aromatic nitrogens is 4.